The van der Waals surface area contributed by atoms with Crippen LogP contribution in [0.3, 0.4) is 0 Å². The highest BCUT2D eigenvalue weighted by Crippen LogP contribution is 2.37. The van der Waals surface area contributed by atoms with Crippen LogP contribution in [0, 0.1) is 16.9 Å². The molecular formula is C37H36Cl2F3N3O7S. The number of ether oxygens (including phenoxy) is 4. The van der Waals surface area contributed by atoms with Gasteiger partial charge in [0.25, 0.3) is 0 Å². The quantitative estimate of drug-likeness (QED) is 0.0754. The van der Waals surface area contributed by atoms with E-state index >= 15 is 4.39 Å². The van der Waals surface area contributed by atoms with Crippen LogP contribution >= 0.6 is 34.5 Å². The third-order valence-electron chi connectivity index (χ3n) is 9.03. The van der Waals surface area contributed by atoms with Crippen LogP contribution in [0.5, 0.6) is 11.5 Å². The summed E-state index contributed by atoms with van der Waals surface area (Å²) in [5.41, 5.74) is 0.794. The molecule has 3 fully saturated rings. The second kappa shape index (κ2) is 16.8. The Labute approximate surface area is 318 Å². The molecule has 53 heavy (non-hydrogen) atoms. The summed E-state index contributed by atoms with van der Waals surface area (Å²) in [6.07, 6.45) is 1.42. The van der Waals surface area contributed by atoms with Crippen molar-refractivity contribution in [3.05, 3.63) is 109 Å². The van der Waals surface area contributed by atoms with Crippen molar-refractivity contribution in [1.29, 1.82) is 0 Å². The van der Waals surface area contributed by atoms with Crippen molar-refractivity contribution in [3.8, 4) is 11.5 Å². The topological polar surface area (TPSA) is 104 Å². The molecule has 0 aliphatic carbocycles. The van der Waals surface area contributed by atoms with Gasteiger partial charge in [-0.1, -0.05) is 41.4 Å². The number of nitrogens with zero attached hydrogens (tertiary/aromatic N) is 3. The van der Waals surface area contributed by atoms with E-state index in [-0.39, 0.29) is 57.8 Å². The minimum Gasteiger partial charge on any atom is -0.619 e. The van der Waals surface area contributed by atoms with E-state index < -0.39 is 36.7 Å². The maximum absolute atomic E-state index is 15.1. The van der Waals surface area contributed by atoms with Gasteiger partial charge >= 0.3 is 18.7 Å². The number of carbonyl (C=O) groups is 2. The summed E-state index contributed by atoms with van der Waals surface area (Å²) < 4.78 is 64.3. The number of benzene rings is 2. The van der Waals surface area contributed by atoms with Crippen molar-refractivity contribution < 1.29 is 46.4 Å². The third-order valence-corrected chi connectivity index (χ3v) is 10.6. The van der Waals surface area contributed by atoms with Gasteiger partial charge < -0.3 is 24.2 Å². The lowest BCUT2D eigenvalue weighted by Gasteiger charge is -2.44. The smallest absolute Gasteiger partial charge is 0.415 e. The number of hydrogen-bond donors (Lipinski definition) is 0. The third kappa shape index (κ3) is 9.47. The molecule has 10 nitrogen and oxygen atoms in total. The number of amides is 1. The molecule has 16 heteroatoms. The number of carbonyl (C=O) groups excluding carboxylic acids is 2. The van der Waals surface area contributed by atoms with E-state index in [9.17, 15) is 23.6 Å². The summed E-state index contributed by atoms with van der Waals surface area (Å²) in [6, 6.07) is 11.6. The lowest BCUT2D eigenvalue weighted by molar-refractivity contribution is -0.605. The van der Waals surface area contributed by atoms with Gasteiger partial charge in [-0.05, 0) is 81.6 Å². The minimum absolute atomic E-state index is 0.0149. The maximum Gasteiger partial charge on any atom is 0.415 e. The Hall–Kier alpha value is -4.24. The highest BCUT2D eigenvalue weighted by atomic mass is 35.5. The molecule has 0 radical (unpaired) electrons. The van der Waals surface area contributed by atoms with E-state index in [1.165, 1.54) is 47.4 Å². The maximum atomic E-state index is 15.1. The molecule has 5 heterocycles. The molecule has 0 N–H and O–H groups in total. The molecule has 2 bridgehead atoms. The number of thiophene rings is 1. The first-order valence-corrected chi connectivity index (χ1v) is 18.5. The predicted octanol–water partition coefficient (Wildman–Crippen LogP) is 8.59. The zero-order valence-electron chi connectivity index (χ0n) is 28.7. The first-order valence-electron chi connectivity index (χ1n) is 16.9. The SMILES string of the molecule is CC(C)Oc1cc([C@H](Cc2c(Cl)c[n+]([O-])cc2Cl)OC(=O)c2csc(CN(C(=O)O[C@H]3CN4CCC3CC4)c3ccccc3F)c2)ccc1OC(F)F. The zero-order valence-corrected chi connectivity index (χ0v) is 31.0. The van der Waals surface area contributed by atoms with Crippen molar-refractivity contribution in [1.82, 2.24) is 4.90 Å². The minimum atomic E-state index is -3.12. The van der Waals surface area contributed by atoms with Crippen LogP contribution in [0.1, 0.15) is 59.2 Å². The standard InChI is InChI=1S/C37H36Cl2F3N3O7S/c1-21(2)49-33-14-23(7-8-31(33)51-36(41)42)32(15-26-27(38)17-44(48)18-28(26)39)50-35(46)24-13-25(53-20-24)16-45(30-6-4-3-5-29(30)40)37(47)52-34-19-43-11-9-22(34)10-12-43/h3-8,13-14,17-18,20-22,32,34,36H,9-12,15-16,19H2,1-2H3/t32-,34-/m0/s1. The number of hydrogen-bond acceptors (Lipinski definition) is 9. The second-order valence-electron chi connectivity index (χ2n) is 13.0. The van der Waals surface area contributed by atoms with Crippen LogP contribution in [0.25, 0.3) is 0 Å². The van der Waals surface area contributed by atoms with Crippen LogP contribution in [0.15, 0.2) is 66.3 Å². The number of alkyl halides is 2. The average Bonchev–Trinajstić information content (AvgIpc) is 3.58. The monoisotopic (exact) mass is 793 g/mol. The van der Waals surface area contributed by atoms with Crippen molar-refractivity contribution in [2.75, 3.05) is 24.5 Å². The molecule has 282 valence electrons. The van der Waals surface area contributed by atoms with Crippen molar-refractivity contribution in [3.63, 3.8) is 0 Å². The van der Waals surface area contributed by atoms with Gasteiger partial charge in [-0.25, -0.2) is 14.0 Å². The molecule has 2 atom stereocenters. The number of piperidine rings is 3. The van der Waals surface area contributed by atoms with E-state index in [1.807, 2.05) is 0 Å². The van der Waals surface area contributed by atoms with E-state index in [4.69, 9.17) is 37.4 Å². The molecule has 3 saturated heterocycles. The number of pyridine rings is 1. The van der Waals surface area contributed by atoms with Crippen LogP contribution in [0.2, 0.25) is 10.0 Å². The van der Waals surface area contributed by atoms with Gasteiger partial charge in [0.1, 0.15) is 28.1 Å². The molecular weight excluding hydrogens is 758 g/mol. The lowest BCUT2D eigenvalue weighted by atomic mass is 9.86. The number of aromatic nitrogens is 1. The number of para-hydroxylation sites is 1. The van der Waals surface area contributed by atoms with Gasteiger partial charge in [0.2, 0.25) is 0 Å². The van der Waals surface area contributed by atoms with Crippen LogP contribution in [-0.2, 0) is 22.4 Å². The lowest BCUT2D eigenvalue weighted by Crippen LogP contribution is -2.53. The Morgan fingerprint density at radius 3 is 2.40 bits per heavy atom. The first kappa shape index (κ1) is 38.5. The number of esters is 1. The summed E-state index contributed by atoms with van der Waals surface area (Å²) in [7, 11) is 0. The molecule has 3 aliphatic rings. The fourth-order valence-corrected chi connectivity index (χ4v) is 7.92. The van der Waals surface area contributed by atoms with Crippen molar-refractivity contribution >= 4 is 52.3 Å². The van der Waals surface area contributed by atoms with Crippen LogP contribution in [0.4, 0.5) is 23.7 Å². The first-order chi connectivity index (χ1) is 25.3. The number of rotatable bonds is 13. The summed E-state index contributed by atoms with van der Waals surface area (Å²) >= 11 is 13.9. The van der Waals surface area contributed by atoms with Crippen LogP contribution < -0.4 is 19.1 Å². The Morgan fingerprint density at radius 2 is 1.75 bits per heavy atom. The molecule has 4 aromatic rings. The fourth-order valence-electron chi connectivity index (χ4n) is 6.48. The Balaban J connectivity index is 1.26. The van der Waals surface area contributed by atoms with Gasteiger partial charge in [0.15, 0.2) is 23.9 Å². The number of fused-ring (bicyclic) bond motifs is 3. The largest absolute Gasteiger partial charge is 0.619 e. The van der Waals surface area contributed by atoms with Crippen molar-refractivity contribution in [2.45, 2.75) is 64.6 Å². The van der Waals surface area contributed by atoms with Gasteiger partial charge in [-0.3, -0.25) is 9.80 Å². The fraction of sp³-hybridized carbons (Fsp3) is 0.378. The van der Waals surface area contributed by atoms with E-state index in [2.05, 4.69) is 9.64 Å². The van der Waals surface area contributed by atoms with Crippen molar-refractivity contribution in [2.24, 2.45) is 5.92 Å². The second-order valence-corrected chi connectivity index (χ2v) is 14.9. The summed E-state index contributed by atoms with van der Waals surface area (Å²) in [4.78, 5) is 31.4. The Bertz CT molecular complexity index is 1920. The summed E-state index contributed by atoms with van der Waals surface area (Å²) in [5.74, 6) is -1.38. The molecule has 0 saturated carbocycles. The highest BCUT2D eigenvalue weighted by Gasteiger charge is 2.38. The van der Waals surface area contributed by atoms with Gasteiger partial charge in [-0.2, -0.15) is 13.5 Å². The number of halogens is 5. The van der Waals surface area contributed by atoms with E-state index in [0.717, 1.165) is 49.7 Å². The summed E-state index contributed by atoms with van der Waals surface area (Å²) in [5, 5.41) is 13.5. The molecule has 7 rings (SSSR count). The van der Waals surface area contributed by atoms with E-state index in [1.54, 1.807) is 25.3 Å². The van der Waals surface area contributed by atoms with Gasteiger partial charge in [0.05, 0.1) is 23.9 Å². The van der Waals surface area contributed by atoms with Gasteiger partial charge in [0, 0.05) is 28.8 Å². The molecule has 0 spiro atoms. The van der Waals surface area contributed by atoms with Crippen LogP contribution in [-0.4, -0.2) is 55.4 Å². The van der Waals surface area contributed by atoms with E-state index in [0.29, 0.717) is 27.3 Å². The Morgan fingerprint density at radius 1 is 1.04 bits per heavy atom. The molecule has 3 aliphatic heterocycles. The predicted molar refractivity (Wildman–Crippen MR) is 192 cm³/mol. The number of anilines is 1. The molecule has 1 amide bonds. The Kier molecular flexibility index (Phi) is 12.2. The molecule has 2 aromatic carbocycles. The normalized spacial score (nSPS) is 18.5. The van der Waals surface area contributed by atoms with Gasteiger partial charge in [-0.15, -0.1) is 11.3 Å². The highest BCUT2D eigenvalue weighted by molar-refractivity contribution is 7.10. The average molecular weight is 795 g/mol. The zero-order chi connectivity index (χ0) is 37.8. The molecule has 2 aromatic heterocycles. The summed E-state index contributed by atoms with van der Waals surface area (Å²) in [6.45, 7) is 2.75. The molecule has 0 unspecified atom stereocenters.